The standard InChI is InChI=1S/C20H25N5O6S/c1-2-31-18-7-6-16(15-17(18)25(27)28)20(26)22-9-14-32(29,30)24-12-10-23(11-13-24)19-5-3-4-8-21-19/h3-8,15H,2,9-14H2,1H3,(H,22,26). The summed E-state index contributed by atoms with van der Waals surface area (Å²) in [6.07, 6.45) is 1.69. The van der Waals surface area contributed by atoms with Gasteiger partial charge in [0.1, 0.15) is 5.82 Å². The molecule has 0 unspecified atom stereocenters. The number of sulfonamides is 1. The summed E-state index contributed by atoms with van der Waals surface area (Å²) in [7, 11) is -3.56. The SMILES string of the molecule is CCOc1ccc(C(=O)NCCS(=O)(=O)N2CCN(c3ccccn3)CC2)cc1[N+](=O)[O-]. The van der Waals surface area contributed by atoms with Crippen molar-refractivity contribution in [1.82, 2.24) is 14.6 Å². The molecule has 1 aliphatic heterocycles. The van der Waals surface area contributed by atoms with Crippen LogP contribution in [0.3, 0.4) is 0 Å². The van der Waals surface area contributed by atoms with Crippen molar-refractivity contribution in [3.8, 4) is 5.75 Å². The minimum atomic E-state index is -3.56. The highest BCUT2D eigenvalue weighted by Gasteiger charge is 2.27. The lowest BCUT2D eigenvalue weighted by atomic mass is 10.1. The van der Waals surface area contributed by atoms with Gasteiger partial charge < -0.3 is 15.0 Å². The number of nitro benzene ring substituents is 1. The first kappa shape index (κ1) is 23.4. The number of carbonyl (C=O) groups excluding carboxylic acids is 1. The summed E-state index contributed by atoms with van der Waals surface area (Å²) >= 11 is 0. The van der Waals surface area contributed by atoms with E-state index in [0.717, 1.165) is 11.9 Å². The first-order valence-corrected chi connectivity index (χ1v) is 11.8. The van der Waals surface area contributed by atoms with E-state index in [-0.39, 0.29) is 35.9 Å². The Labute approximate surface area is 186 Å². The van der Waals surface area contributed by atoms with Crippen molar-refractivity contribution < 1.29 is 22.9 Å². The number of carbonyl (C=O) groups is 1. The van der Waals surface area contributed by atoms with Gasteiger partial charge in [0.15, 0.2) is 5.75 Å². The fourth-order valence-corrected chi connectivity index (χ4v) is 4.68. The van der Waals surface area contributed by atoms with Crippen molar-refractivity contribution in [2.45, 2.75) is 6.92 Å². The molecule has 172 valence electrons. The molecule has 0 radical (unpaired) electrons. The third kappa shape index (κ3) is 5.71. The molecule has 0 atom stereocenters. The zero-order chi connectivity index (χ0) is 23.1. The van der Waals surface area contributed by atoms with Crippen molar-refractivity contribution >= 4 is 27.4 Å². The second kappa shape index (κ2) is 10.4. The number of nitro groups is 1. The number of pyridine rings is 1. The number of hydrogen-bond acceptors (Lipinski definition) is 8. The van der Waals surface area contributed by atoms with Crippen LogP contribution in [0.4, 0.5) is 11.5 Å². The number of nitrogens with zero attached hydrogens (tertiary/aromatic N) is 4. The molecule has 0 aliphatic carbocycles. The first-order chi connectivity index (χ1) is 15.3. The van der Waals surface area contributed by atoms with E-state index in [0.29, 0.717) is 26.2 Å². The van der Waals surface area contributed by atoms with Gasteiger partial charge in [-0.25, -0.2) is 13.4 Å². The Morgan fingerprint density at radius 3 is 2.59 bits per heavy atom. The molecule has 1 aliphatic rings. The topological polar surface area (TPSA) is 135 Å². The Morgan fingerprint density at radius 2 is 1.97 bits per heavy atom. The van der Waals surface area contributed by atoms with Crippen LogP contribution in [-0.2, 0) is 10.0 Å². The smallest absolute Gasteiger partial charge is 0.311 e. The van der Waals surface area contributed by atoms with Gasteiger partial charge in [0.2, 0.25) is 10.0 Å². The highest BCUT2D eigenvalue weighted by atomic mass is 32.2. The number of hydrogen-bond donors (Lipinski definition) is 1. The van der Waals surface area contributed by atoms with Gasteiger partial charge in [-0.3, -0.25) is 14.9 Å². The normalized spacial score (nSPS) is 14.7. The number of nitrogens with one attached hydrogen (secondary N) is 1. The number of ether oxygens (including phenoxy) is 1. The zero-order valence-corrected chi connectivity index (χ0v) is 18.5. The van der Waals surface area contributed by atoms with E-state index in [1.54, 1.807) is 13.1 Å². The Hall–Kier alpha value is -3.25. The van der Waals surface area contributed by atoms with Crippen LogP contribution in [0, 0.1) is 10.1 Å². The van der Waals surface area contributed by atoms with Crippen LogP contribution in [0.5, 0.6) is 5.75 Å². The molecule has 1 N–H and O–H groups in total. The van der Waals surface area contributed by atoms with E-state index >= 15 is 0 Å². The van der Waals surface area contributed by atoms with E-state index in [9.17, 15) is 23.3 Å². The predicted molar refractivity (Wildman–Crippen MR) is 118 cm³/mol. The van der Waals surface area contributed by atoms with Crippen molar-refractivity contribution in [2.24, 2.45) is 0 Å². The van der Waals surface area contributed by atoms with Crippen LogP contribution in [0.25, 0.3) is 0 Å². The molecular weight excluding hydrogens is 438 g/mol. The number of benzene rings is 1. The lowest BCUT2D eigenvalue weighted by Gasteiger charge is -2.34. The van der Waals surface area contributed by atoms with E-state index in [1.807, 2.05) is 23.1 Å². The monoisotopic (exact) mass is 463 g/mol. The summed E-state index contributed by atoms with van der Waals surface area (Å²) in [4.78, 5) is 29.2. The van der Waals surface area contributed by atoms with Gasteiger partial charge in [0.05, 0.1) is 17.3 Å². The maximum absolute atomic E-state index is 12.6. The van der Waals surface area contributed by atoms with Crippen LogP contribution < -0.4 is 15.0 Å². The lowest BCUT2D eigenvalue weighted by molar-refractivity contribution is -0.385. The summed E-state index contributed by atoms with van der Waals surface area (Å²) in [5, 5.41) is 13.7. The highest BCUT2D eigenvalue weighted by molar-refractivity contribution is 7.89. The highest BCUT2D eigenvalue weighted by Crippen LogP contribution is 2.28. The average molecular weight is 464 g/mol. The molecular formula is C20H25N5O6S. The van der Waals surface area contributed by atoms with Gasteiger partial charge >= 0.3 is 5.69 Å². The number of piperazine rings is 1. The Kier molecular flexibility index (Phi) is 7.59. The summed E-state index contributed by atoms with van der Waals surface area (Å²) in [5.74, 6) is 0.0237. The minimum absolute atomic E-state index is 0.0570. The maximum atomic E-state index is 12.6. The van der Waals surface area contributed by atoms with Crippen molar-refractivity contribution in [3.63, 3.8) is 0 Å². The molecule has 1 saturated heterocycles. The van der Waals surface area contributed by atoms with Crippen molar-refractivity contribution in [3.05, 3.63) is 58.3 Å². The molecule has 0 saturated carbocycles. The molecule has 1 aromatic heterocycles. The van der Waals surface area contributed by atoms with Gasteiger partial charge in [-0.1, -0.05) is 6.07 Å². The summed E-state index contributed by atoms with van der Waals surface area (Å²) in [6.45, 7) is 3.55. The first-order valence-electron chi connectivity index (χ1n) is 10.1. The fraction of sp³-hybridized carbons (Fsp3) is 0.400. The summed E-state index contributed by atoms with van der Waals surface area (Å²) in [5.41, 5.74) is -0.264. The zero-order valence-electron chi connectivity index (χ0n) is 17.6. The molecule has 1 aromatic carbocycles. The molecule has 0 spiro atoms. The predicted octanol–water partition coefficient (Wildman–Crippen LogP) is 1.27. The van der Waals surface area contributed by atoms with Crippen LogP contribution in [-0.4, -0.2) is 73.6 Å². The minimum Gasteiger partial charge on any atom is -0.487 e. The Morgan fingerprint density at radius 1 is 1.22 bits per heavy atom. The van der Waals surface area contributed by atoms with Crippen LogP contribution >= 0.6 is 0 Å². The molecule has 1 amide bonds. The van der Waals surface area contributed by atoms with Crippen molar-refractivity contribution in [2.75, 3.05) is 50.0 Å². The lowest BCUT2D eigenvalue weighted by Crippen LogP contribution is -2.50. The Bertz CT molecular complexity index is 1060. The van der Waals surface area contributed by atoms with Gasteiger partial charge in [0, 0.05) is 50.6 Å². The van der Waals surface area contributed by atoms with Gasteiger partial charge in [-0.05, 0) is 31.2 Å². The van der Waals surface area contributed by atoms with Gasteiger partial charge in [-0.15, -0.1) is 0 Å². The third-order valence-electron chi connectivity index (χ3n) is 4.97. The summed E-state index contributed by atoms with van der Waals surface area (Å²) in [6, 6.07) is 9.46. The molecule has 11 nitrogen and oxygen atoms in total. The number of amides is 1. The molecule has 2 heterocycles. The fourth-order valence-electron chi connectivity index (χ4n) is 3.34. The van der Waals surface area contributed by atoms with Crippen LogP contribution in [0.2, 0.25) is 0 Å². The largest absolute Gasteiger partial charge is 0.487 e. The quantitative estimate of drug-likeness (QED) is 0.434. The average Bonchev–Trinajstić information content (AvgIpc) is 2.80. The summed E-state index contributed by atoms with van der Waals surface area (Å²) < 4.78 is 31.9. The molecule has 32 heavy (non-hydrogen) atoms. The van der Waals surface area contributed by atoms with E-state index in [1.165, 1.54) is 16.4 Å². The van der Waals surface area contributed by atoms with Gasteiger partial charge in [-0.2, -0.15) is 4.31 Å². The van der Waals surface area contributed by atoms with Crippen LogP contribution in [0.15, 0.2) is 42.6 Å². The molecule has 0 bridgehead atoms. The number of anilines is 1. The van der Waals surface area contributed by atoms with Gasteiger partial charge in [0.25, 0.3) is 5.91 Å². The van der Waals surface area contributed by atoms with E-state index < -0.39 is 20.9 Å². The Balaban J connectivity index is 1.53. The van der Waals surface area contributed by atoms with Crippen molar-refractivity contribution in [1.29, 1.82) is 0 Å². The number of aromatic nitrogens is 1. The van der Waals surface area contributed by atoms with Crippen LogP contribution in [0.1, 0.15) is 17.3 Å². The van der Waals surface area contributed by atoms with E-state index in [4.69, 9.17) is 4.74 Å². The molecule has 1 fully saturated rings. The third-order valence-corrected chi connectivity index (χ3v) is 6.84. The molecule has 12 heteroatoms. The van der Waals surface area contributed by atoms with E-state index in [2.05, 4.69) is 10.3 Å². The number of rotatable bonds is 9. The molecule has 3 rings (SSSR count). The maximum Gasteiger partial charge on any atom is 0.311 e. The second-order valence-corrected chi connectivity index (χ2v) is 9.11. The second-order valence-electron chi connectivity index (χ2n) is 7.02. The molecule has 2 aromatic rings.